The minimum Gasteiger partial charge on any atom is -0.460 e. The number of para-hydroxylation sites is 1. The average Bonchev–Trinajstić information content (AvgIpc) is 2.80. The molecule has 0 fully saturated rings. The molecule has 3 aromatic rings. The quantitative estimate of drug-likeness (QED) is 0.754. The summed E-state index contributed by atoms with van der Waals surface area (Å²) in [5, 5.41) is 0.486. The van der Waals surface area contributed by atoms with Gasteiger partial charge in [-0.15, -0.1) is 0 Å². The van der Waals surface area contributed by atoms with Crippen molar-refractivity contribution in [3.05, 3.63) is 57.8 Å². The summed E-state index contributed by atoms with van der Waals surface area (Å²) in [6, 6.07) is 9.60. The van der Waals surface area contributed by atoms with Crippen molar-refractivity contribution in [2.45, 2.75) is 20.8 Å². The number of ether oxygens (including phenoxy) is 1. The zero-order valence-electron chi connectivity index (χ0n) is 13.2. The van der Waals surface area contributed by atoms with Gasteiger partial charge in [0, 0.05) is 11.4 Å². The number of hydrogen-bond acceptors (Lipinski definition) is 4. The maximum atomic E-state index is 12.4. The number of aromatic nitrogens is 3. The van der Waals surface area contributed by atoms with Crippen LogP contribution in [0.25, 0.3) is 16.7 Å². The zero-order chi connectivity index (χ0) is 16.6. The van der Waals surface area contributed by atoms with Crippen LogP contribution in [0.3, 0.4) is 0 Å². The van der Waals surface area contributed by atoms with Crippen molar-refractivity contribution < 1.29 is 9.53 Å². The SMILES string of the molecule is CCOC(=O)c1nc2c(c(C)c(C)n2-c2ccccc2)c(=O)[nH]1. The van der Waals surface area contributed by atoms with E-state index in [-0.39, 0.29) is 18.0 Å². The molecule has 0 aliphatic rings. The van der Waals surface area contributed by atoms with Gasteiger partial charge in [-0.05, 0) is 38.5 Å². The number of H-pyrrole nitrogens is 1. The molecule has 2 heterocycles. The fraction of sp³-hybridized carbons (Fsp3) is 0.235. The molecule has 118 valence electrons. The van der Waals surface area contributed by atoms with Crippen molar-refractivity contribution in [3.63, 3.8) is 0 Å². The predicted octanol–water partition coefficient (Wildman–Crippen LogP) is 2.51. The second kappa shape index (κ2) is 5.72. The van der Waals surface area contributed by atoms with Gasteiger partial charge >= 0.3 is 5.97 Å². The highest BCUT2D eigenvalue weighted by Gasteiger charge is 2.20. The number of carbonyl (C=O) groups is 1. The molecule has 0 radical (unpaired) electrons. The van der Waals surface area contributed by atoms with Crippen molar-refractivity contribution >= 4 is 17.0 Å². The molecule has 3 rings (SSSR count). The second-order valence-corrected chi connectivity index (χ2v) is 5.21. The Balaban J connectivity index is 2.34. The third-order valence-corrected chi connectivity index (χ3v) is 3.85. The number of nitrogens with zero attached hydrogens (tertiary/aromatic N) is 2. The van der Waals surface area contributed by atoms with Gasteiger partial charge in [0.1, 0.15) is 0 Å². The Labute approximate surface area is 132 Å². The number of rotatable bonds is 3. The monoisotopic (exact) mass is 311 g/mol. The highest BCUT2D eigenvalue weighted by atomic mass is 16.5. The molecule has 6 heteroatoms. The molecule has 1 aromatic carbocycles. The van der Waals surface area contributed by atoms with Crippen LogP contribution in [0.1, 0.15) is 28.8 Å². The summed E-state index contributed by atoms with van der Waals surface area (Å²) in [6.07, 6.45) is 0. The molecule has 2 aromatic heterocycles. The first-order valence-corrected chi connectivity index (χ1v) is 7.39. The Morgan fingerprint density at radius 2 is 1.96 bits per heavy atom. The Morgan fingerprint density at radius 1 is 1.26 bits per heavy atom. The normalized spacial score (nSPS) is 10.9. The number of fused-ring (bicyclic) bond motifs is 1. The summed E-state index contributed by atoms with van der Waals surface area (Å²) in [7, 11) is 0. The van der Waals surface area contributed by atoms with Crippen LogP contribution in [0.5, 0.6) is 0 Å². The van der Waals surface area contributed by atoms with Gasteiger partial charge in [-0.2, -0.15) is 0 Å². The fourth-order valence-electron chi connectivity index (χ4n) is 2.66. The van der Waals surface area contributed by atoms with Crippen LogP contribution in [0, 0.1) is 13.8 Å². The van der Waals surface area contributed by atoms with E-state index >= 15 is 0 Å². The molecule has 6 nitrogen and oxygen atoms in total. The molecule has 0 atom stereocenters. The first-order valence-electron chi connectivity index (χ1n) is 7.39. The zero-order valence-corrected chi connectivity index (χ0v) is 13.2. The number of nitrogens with one attached hydrogen (secondary N) is 1. The first kappa shape index (κ1) is 15.0. The lowest BCUT2D eigenvalue weighted by molar-refractivity contribution is 0.0512. The first-order chi connectivity index (χ1) is 11.0. The summed E-state index contributed by atoms with van der Waals surface area (Å²) in [6.45, 7) is 5.72. The summed E-state index contributed by atoms with van der Waals surface area (Å²) in [4.78, 5) is 31.2. The molecule has 0 amide bonds. The summed E-state index contributed by atoms with van der Waals surface area (Å²) < 4.78 is 6.81. The van der Waals surface area contributed by atoms with E-state index in [4.69, 9.17) is 4.74 Å². The summed E-state index contributed by atoms with van der Waals surface area (Å²) in [5.74, 6) is -0.721. The lowest BCUT2D eigenvalue weighted by Crippen LogP contribution is -2.18. The topological polar surface area (TPSA) is 77.0 Å². The van der Waals surface area contributed by atoms with Gasteiger partial charge in [0.15, 0.2) is 5.65 Å². The molecule has 0 unspecified atom stereocenters. The molecule has 0 bridgehead atoms. The highest BCUT2D eigenvalue weighted by Crippen LogP contribution is 2.24. The largest absolute Gasteiger partial charge is 0.460 e. The molecule has 1 N–H and O–H groups in total. The van der Waals surface area contributed by atoms with Gasteiger partial charge in [0.05, 0.1) is 12.0 Å². The van der Waals surface area contributed by atoms with Gasteiger partial charge in [0.2, 0.25) is 5.82 Å². The number of hydrogen-bond donors (Lipinski definition) is 1. The smallest absolute Gasteiger partial charge is 0.374 e. The molecule has 0 aliphatic heterocycles. The maximum absolute atomic E-state index is 12.4. The minimum atomic E-state index is -0.636. The number of esters is 1. The Hall–Kier alpha value is -2.89. The van der Waals surface area contributed by atoms with Gasteiger partial charge < -0.3 is 9.72 Å². The Morgan fingerprint density at radius 3 is 2.61 bits per heavy atom. The Bertz CT molecular complexity index is 939. The van der Waals surface area contributed by atoms with Crippen molar-refractivity contribution in [1.29, 1.82) is 0 Å². The standard InChI is InChI=1S/C17H17N3O3/c1-4-23-17(22)14-18-15-13(16(21)19-14)10(2)11(3)20(15)12-8-6-5-7-9-12/h5-9H,4H2,1-3H3,(H,18,19,21). The molecule has 0 spiro atoms. The third kappa shape index (κ3) is 2.42. The van der Waals surface area contributed by atoms with Crippen molar-refractivity contribution in [3.8, 4) is 5.69 Å². The molecule has 0 aliphatic carbocycles. The lowest BCUT2D eigenvalue weighted by atomic mass is 10.2. The van der Waals surface area contributed by atoms with Gasteiger partial charge in [-0.25, -0.2) is 9.78 Å². The number of aryl methyl sites for hydroxylation is 1. The average molecular weight is 311 g/mol. The molecular weight excluding hydrogens is 294 g/mol. The van der Waals surface area contributed by atoms with E-state index in [0.717, 1.165) is 16.9 Å². The number of carbonyl (C=O) groups excluding carboxylic acids is 1. The number of aromatic amines is 1. The van der Waals surface area contributed by atoms with Crippen LogP contribution < -0.4 is 5.56 Å². The summed E-state index contributed by atoms with van der Waals surface area (Å²) >= 11 is 0. The minimum absolute atomic E-state index is 0.0842. The van der Waals surface area contributed by atoms with Crippen molar-refractivity contribution in [1.82, 2.24) is 14.5 Å². The second-order valence-electron chi connectivity index (χ2n) is 5.21. The molecule has 23 heavy (non-hydrogen) atoms. The van der Waals surface area contributed by atoms with Crippen LogP contribution in [0.2, 0.25) is 0 Å². The van der Waals surface area contributed by atoms with E-state index in [1.807, 2.05) is 48.7 Å². The van der Waals surface area contributed by atoms with E-state index in [2.05, 4.69) is 9.97 Å². The maximum Gasteiger partial charge on any atom is 0.374 e. The van der Waals surface area contributed by atoms with Crippen LogP contribution >= 0.6 is 0 Å². The van der Waals surface area contributed by atoms with E-state index in [9.17, 15) is 9.59 Å². The van der Waals surface area contributed by atoms with E-state index in [1.54, 1.807) is 6.92 Å². The fourth-order valence-corrected chi connectivity index (χ4v) is 2.66. The van der Waals surface area contributed by atoms with Crippen LogP contribution in [-0.4, -0.2) is 27.1 Å². The molecule has 0 saturated carbocycles. The number of benzene rings is 1. The van der Waals surface area contributed by atoms with Gasteiger partial charge in [-0.1, -0.05) is 18.2 Å². The van der Waals surface area contributed by atoms with E-state index < -0.39 is 5.97 Å². The highest BCUT2D eigenvalue weighted by molar-refractivity contribution is 5.89. The summed E-state index contributed by atoms with van der Waals surface area (Å²) in [5.41, 5.74) is 2.75. The van der Waals surface area contributed by atoms with Crippen molar-refractivity contribution in [2.24, 2.45) is 0 Å². The van der Waals surface area contributed by atoms with Crippen LogP contribution in [0.15, 0.2) is 35.1 Å². The van der Waals surface area contributed by atoms with Crippen LogP contribution in [-0.2, 0) is 4.74 Å². The van der Waals surface area contributed by atoms with Crippen molar-refractivity contribution in [2.75, 3.05) is 6.61 Å². The molecular formula is C17H17N3O3. The van der Waals surface area contributed by atoms with Gasteiger partial charge in [-0.3, -0.25) is 9.36 Å². The molecule has 0 saturated heterocycles. The van der Waals surface area contributed by atoms with E-state index in [0.29, 0.717) is 11.0 Å². The van der Waals surface area contributed by atoms with Crippen LogP contribution in [0.4, 0.5) is 0 Å². The lowest BCUT2D eigenvalue weighted by Gasteiger charge is -2.08. The van der Waals surface area contributed by atoms with E-state index in [1.165, 1.54) is 0 Å². The van der Waals surface area contributed by atoms with Gasteiger partial charge in [0.25, 0.3) is 5.56 Å². The Kier molecular flexibility index (Phi) is 3.73. The predicted molar refractivity (Wildman–Crippen MR) is 87.1 cm³/mol. The third-order valence-electron chi connectivity index (χ3n) is 3.85.